The normalized spacial score (nSPS) is 14.2. The van der Waals surface area contributed by atoms with Gasteiger partial charge in [0, 0.05) is 5.92 Å². The summed E-state index contributed by atoms with van der Waals surface area (Å²) in [5.74, 6) is -2.13. The molecule has 1 saturated carbocycles. The van der Waals surface area contributed by atoms with Gasteiger partial charge in [0.2, 0.25) is 5.91 Å². The standard InChI is InChI=1S/C23H24ClN3O3S2.C2HF3O2/c1-14-21(31-23(25-14)26-22(28)15-7-3-4-8-15)16-11-12-19(30-2)20(13-16)32(29)27-18-10-6-5-9-17(18)24;3-2(4,5)1(6)7/h5-6,9-13,15,27H,3-4,7-8H2,1-2H3,(H,25,26,28);(H,6,7). The molecule has 1 aromatic heterocycles. The number of aliphatic carboxylic acids is 1. The first-order valence-electron chi connectivity index (χ1n) is 11.6. The van der Waals surface area contributed by atoms with Crippen molar-refractivity contribution in [2.45, 2.75) is 43.7 Å². The van der Waals surface area contributed by atoms with Crippen LogP contribution in [0, 0.1) is 12.8 Å². The average molecular weight is 604 g/mol. The third kappa shape index (κ3) is 8.16. The highest BCUT2D eigenvalue weighted by molar-refractivity contribution is 7.86. The van der Waals surface area contributed by atoms with Gasteiger partial charge in [-0.2, -0.15) is 13.2 Å². The predicted molar refractivity (Wildman–Crippen MR) is 145 cm³/mol. The number of benzene rings is 2. The molecule has 0 aliphatic heterocycles. The zero-order valence-corrected chi connectivity index (χ0v) is 23.2. The van der Waals surface area contributed by atoms with Crippen molar-refractivity contribution in [3.8, 4) is 16.2 Å². The fourth-order valence-corrected chi connectivity index (χ4v) is 6.04. The van der Waals surface area contributed by atoms with Gasteiger partial charge in [-0.05, 0) is 55.7 Å². The minimum atomic E-state index is -5.08. The van der Waals surface area contributed by atoms with Crippen LogP contribution in [0.2, 0.25) is 5.02 Å². The molecule has 14 heteroatoms. The van der Waals surface area contributed by atoms with Gasteiger partial charge in [0.25, 0.3) is 0 Å². The van der Waals surface area contributed by atoms with Crippen molar-refractivity contribution in [1.29, 1.82) is 0 Å². The van der Waals surface area contributed by atoms with Gasteiger partial charge in [-0.1, -0.05) is 47.9 Å². The van der Waals surface area contributed by atoms with E-state index in [-0.39, 0.29) is 11.8 Å². The molecule has 0 bridgehead atoms. The van der Waals surface area contributed by atoms with E-state index >= 15 is 0 Å². The Morgan fingerprint density at radius 3 is 2.41 bits per heavy atom. The van der Waals surface area contributed by atoms with Crippen LogP contribution in [0.4, 0.5) is 24.0 Å². The van der Waals surface area contributed by atoms with Crippen molar-refractivity contribution in [2.24, 2.45) is 5.92 Å². The number of rotatable bonds is 7. The van der Waals surface area contributed by atoms with E-state index in [2.05, 4.69) is 15.0 Å². The molecule has 8 nitrogen and oxygen atoms in total. The number of ether oxygens (including phenoxy) is 1. The Kier molecular flexibility index (Phi) is 10.3. The number of hydrogen-bond donors (Lipinski definition) is 3. The van der Waals surface area contributed by atoms with Crippen LogP contribution < -0.4 is 14.8 Å². The van der Waals surface area contributed by atoms with Crippen LogP contribution in [-0.4, -0.2) is 39.5 Å². The molecule has 1 fully saturated rings. The second-order valence-electron chi connectivity index (χ2n) is 8.42. The number of aromatic nitrogens is 1. The van der Waals surface area contributed by atoms with Crippen molar-refractivity contribution in [3.05, 3.63) is 53.2 Å². The quantitative estimate of drug-likeness (QED) is 0.277. The number of carbonyl (C=O) groups is 2. The lowest BCUT2D eigenvalue weighted by Crippen LogP contribution is -2.21. The summed E-state index contributed by atoms with van der Waals surface area (Å²) in [5, 5.41) is 11.2. The summed E-state index contributed by atoms with van der Waals surface area (Å²) in [4.78, 5) is 27.3. The van der Waals surface area contributed by atoms with E-state index in [1.807, 2.05) is 31.2 Å². The number of amides is 1. The van der Waals surface area contributed by atoms with E-state index in [0.29, 0.717) is 26.5 Å². The molecular weight excluding hydrogens is 579 g/mol. The summed E-state index contributed by atoms with van der Waals surface area (Å²) < 4.78 is 53.2. The number of nitrogens with one attached hydrogen (secondary N) is 2. The summed E-state index contributed by atoms with van der Waals surface area (Å²) in [6.45, 7) is 1.90. The number of anilines is 2. The molecule has 1 unspecified atom stereocenters. The summed E-state index contributed by atoms with van der Waals surface area (Å²) in [5.41, 5.74) is 2.23. The molecule has 1 atom stereocenters. The largest absolute Gasteiger partial charge is 0.495 e. The molecule has 0 saturated heterocycles. The van der Waals surface area contributed by atoms with E-state index in [1.165, 1.54) is 11.3 Å². The van der Waals surface area contributed by atoms with Gasteiger partial charge in [0.1, 0.15) is 10.6 Å². The molecule has 2 aromatic carbocycles. The first kappa shape index (κ1) is 30.4. The van der Waals surface area contributed by atoms with Crippen molar-refractivity contribution in [2.75, 3.05) is 17.1 Å². The molecule has 1 aliphatic rings. The second kappa shape index (κ2) is 13.3. The van der Waals surface area contributed by atoms with Crippen LogP contribution in [0.25, 0.3) is 10.4 Å². The third-order valence-corrected chi connectivity index (χ3v) is 8.27. The highest BCUT2D eigenvalue weighted by atomic mass is 35.5. The van der Waals surface area contributed by atoms with Crippen LogP contribution in [-0.2, 0) is 20.6 Å². The maximum atomic E-state index is 13.1. The molecule has 4 rings (SSSR count). The number of carboxylic acids is 1. The van der Waals surface area contributed by atoms with Crippen molar-refractivity contribution >= 4 is 56.6 Å². The first-order chi connectivity index (χ1) is 18.4. The maximum Gasteiger partial charge on any atom is 0.490 e. The van der Waals surface area contributed by atoms with E-state index in [9.17, 15) is 22.2 Å². The molecule has 210 valence electrons. The van der Waals surface area contributed by atoms with Gasteiger partial charge in [0.15, 0.2) is 16.1 Å². The van der Waals surface area contributed by atoms with Gasteiger partial charge in [-0.15, -0.1) is 0 Å². The van der Waals surface area contributed by atoms with Crippen LogP contribution >= 0.6 is 22.9 Å². The summed E-state index contributed by atoms with van der Waals surface area (Å²) in [6.07, 6.45) is -0.993. The van der Waals surface area contributed by atoms with Crippen molar-refractivity contribution < 1.29 is 36.8 Å². The van der Waals surface area contributed by atoms with Crippen LogP contribution in [0.3, 0.4) is 0 Å². The van der Waals surface area contributed by atoms with E-state index < -0.39 is 23.1 Å². The molecule has 1 amide bonds. The SMILES string of the molecule is COc1ccc(-c2sc(NC(=O)C3CCCC3)nc2C)cc1S(=O)Nc1ccccc1Cl.O=C(O)C(F)(F)F. The number of aryl methyl sites for hydroxylation is 1. The molecular formula is C25H25ClF3N3O5S2. The predicted octanol–water partition coefficient (Wildman–Crippen LogP) is 6.68. The lowest BCUT2D eigenvalue weighted by Gasteiger charge is -2.12. The van der Waals surface area contributed by atoms with Gasteiger partial charge in [-0.3, -0.25) is 9.52 Å². The minimum absolute atomic E-state index is 0.0447. The Bertz CT molecular complexity index is 1360. The monoisotopic (exact) mass is 603 g/mol. The van der Waals surface area contributed by atoms with Gasteiger partial charge < -0.3 is 15.2 Å². The number of hydrogen-bond acceptors (Lipinski definition) is 6. The fraction of sp³-hybridized carbons (Fsp3) is 0.320. The molecule has 0 spiro atoms. The molecule has 39 heavy (non-hydrogen) atoms. The zero-order valence-electron chi connectivity index (χ0n) is 20.8. The van der Waals surface area contributed by atoms with Gasteiger partial charge >= 0.3 is 12.1 Å². The van der Waals surface area contributed by atoms with Crippen LogP contribution in [0.5, 0.6) is 5.75 Å². The minimum Gasteiger partial charge on any atom is -0.495 e. The highest BCUT2D eigenvalue weighted by Gasteiger charge is 2.38. The molecule has 3 N–H and O–H groups in total. The topological polar surface area (TPSA) is 118 Å². The molecule has 1 heterocycles. The summed E-state index contributed by atoms with van der Waals surface area (Å²) in [7, 11) is -0.0543. The van der Waals surface area contributed by atoms with Gasteiger partial charge in [0.05, 0.1) is 28.4 Å². The number of methoxy groups -OCH3 is 1. The smallest absolute Gasteiger partial charge is 0.490 e. The molecule has 1 aliphatic carbocycles. The van der Waals surface area contributed by atoms with Gasteiger partial charge in [-0.25, -0.2) is 14.0 Å². The zero-order chi connectivity index (χ0) is 28.7. The number of para-hydroxylation sites is 1. The lowest BCUT2D eigenvalue weighted by atomic mass is 10.1. The van der Waals surface area contributed by atoms with E-state index in [0.717, 1.165) is 41.8 Å². The summed E-state index contributed by atoms with van der Waals surface area (Å²) in [6, 6.07) is 12.6. The number of carboxylic acid groups (broad SMARTS) is 1. The second-order valence-corrected chi connectivity index (χ2v) is 11.0. The highest BCUT2D eigenvalue weighted by Crippen LogP contribution is 2.37. The number of thiazole rings is 1. The maximum absolute atomic E-state index is 13.1. The Hall–Kier alpha value is -3.16. The Balaban J connectivity index is 0.000000532. The van der Waals surface area contributed by atoms with Crippen LogP contribution in [0.15, 0.2) is 47.4 Å². The number of nitrogens with zero attached hydrogens (tertiary/aromatic N) is 1. The average Bonchev–Trinajstić information content (AvgIpc) is 3.55. The Morgan fingerprint density at radius 2 is 1.82 bits per heavy atom. The summed E-state index contributed by atoms with van der Waals surface area (Å²) >= 11 is 7.62. The van der Waals surface area contributed by atoms with E-state index in [1.54, 1.807) is 25.3 Å². The van der Waals surface area contributed by atoms with Crippen molar-refractivity contribution in [1.82, 2.24) is 4.98 Å². The first-order valence-corrected chi connectivity index (χ1v) is 13.9. The third-order valence-electron chi connectivity index (χ3n) is 5.70. The number of carbonyl (C=O) groups excluding carboxylic acids is 1. The molecule has 0 radical (unpaired) electrons. The lowest BCUT2D eigenvalue weighted by molar-refractivity contribution is -0.192. The van der Waals surface area contributed by atoms with Crippen molar-refractivity contribution in [3.63, 3.8) is 0 Å². The Morgan fingerprint density at radius 1 is 1.18 bits per heavy atom. The van der Waals surface area contributed by atoms with Crippen LogP contribution in [0.1, 0.15) is 31.4 Å². The Labute approximate surface area is 234 Å². The number of halogens is 4. The molecule has 3 aromatic rings. The van der Waals surface area contributed by atoms with E-state index in [4.69, 9.17) is 26.2 Å². The number of alkyl halides is 3. The fourth-order valence-electron chi connectivity index (χ4n) is 3.77.